The predicted octanol–water partition coefficient (Wildman–Crippen LogP) is 3.92. The number of amides is 2. The van der Waals surface area contributed by atoms with Gasteiger partial charge in [-0.2, -0.15) is 4.98 Å². The lowest BCUT2D eigenvalue weighted by Crippen LogP contribution is -2.44. The van der Waals surface area contributed by atoms with Gasteiger partial charge in [-0.15, -0.1) is 0 Å². The topological polar surface area (TPSA) is 80.5 Å². The monoisotopic (exact) mass is 424 g/mol. The highest BCUT2D eigenvalue weighted by molar-refractivity contribution is 5.74. The van der Waals surface area contributed by atoms with E-state index in [0.717, 1.165) is 19.3 Å². The number of hydrogen-bond donors (Lipinski definition) is 1. The summed E-state index contributed by atoms with van der Waals surface area (Å²) in [4.78, 5) is 18.7. The van der Waals surface area contributed by atoms with E-state index in [-0.39, 0.29) is 24.4 Å². The summed E-state index contributed by atoms with van der Waals surface area (Å²) in [6.45, 7) is 2.04. The van der Waals surface area contributed by atoms with Crippen molar-refractivity contribution in [3.05, 3.63) is 77.7 Å². The van der Waals surface area contributed by atoms with Gasteiger partial charge in [0.2, 0.25) is 0 Å². The molecule has 1 aliphatic heterocycles. The van der Waals surface area contributed by atoms with Crippen molar-refractivity contribution in [1.29, 1.82) is 0 Å². The molecule has 0 radical (unpaired) electrons. The third kappa shape index (κ3) is 5.81. The van der Waals surface area contributed by atoms with Crippen LogP contribution in [0.4, 0.5) is 9.18 Å². The highest BCUT2D eigenvalue weighted by Crippen LogP contribution is 2.26. The molecule has 0 spiro atoms. The van der Waals surface area contributed by atoms with Crippen molar-refractivity contribution in [2.24, 2.45) is 0 Å². The Bertz CT molecular complexity index is 970. The first kappa shape index (κ1) is 20.8. The Morgan fingerprint density at radius 1 is 1.13 bits per heavy atom. The molecule has 2 aromatic carbocycles. The van der Waals surface area contributed by atoms with Crippen LogP contribution in [0.3, 0.4) is 0 Å². The Morgan fingerprint density at radius 3 is 2.61 bits per heavy atom. The SMILES string of the molecule is O=C(NCCc1ccccc1)N1CCC(c2noc(COc3ccc(F)cc3)n2)CC1. The summed E-state index contributed by atoms with van der Waals surface area (Å²) >= 11 is 0. The fourth-order valence-corrected chi connectivity index (χ4v) is 3.58. The lowest BCUT2D eigenvalue weighted by molar-refractivity contribution is 0.180. The minimum atomic E-state index is -0.316. The molecular formula is C23H25FN4O3. The molecule has 7 nitrogen and oxygen atoms in total. The smallest absolute Gasteiger partial charge is 0.317 e. The summed E-state index contributed by atoms with van der Waals surface area (Å²) in [5.41, 5.74) is 1.21. The number of hydrogen-bond acceptors (Lipinski definition) is 5. The fraction of sp³-hybridized carbons (Fsp3) is 0.348. The average molecular weight is 424 g/mol. The van der Waals surface area contributed by atoms with Crippen LogP contribution in [0.5, 0.6) is 5.75 Å². The maximum Gasteiger partial charge on any atom is 0.317 e. The van der Waals surface area contributed by atoms with Gasteiger partial charge in [0.05, 0.1) is 0 Å². The third-order valence-corrected chi connectivity index (χ3v) is 5.34. The summed E-state index contributed by atoms with van der Waals surface area (Å²) < 4.78 is 23.8. The average Bonchev–Trinajstić information content (AvgIpc) is 3.28. The van der Waals surface area contributed by atoms with Gasteiger partial charge < -0.3 is 19.5 Å². The van der Waals surface area contributed by atoms with E-state index in [1.54, 1.807) is 12.1 Å². The zero-order valence-corrected chi connectivity index (χ0v) is 17.2. The number of rotatable bonds is 7. The Morgan fingerprint density at radius 2 is 1.87 bits per heavy atom. The number of nitrogens with zero attached hydrogens (tertiary/aromatic N) is 3. The van der Waals surface area contributed by atoms with Gasteiger partial charge in [-0.25, -0.2) is 9.18 Å². The molecule has 0 aliphatic carbocycles. The van der Waals surface area contributed by atoms with E-state index in [1.165, 1.54) is 17.7 Å². The van der Waals surface area contributed by atoms with Crippen LogP contribution in [0.2, 0.25) is 0 Å². The summed E-state index contributed by atoms with van der Waals surface area (Å²) in [5, 5.41) is 7.07. The molecule has 0 atom stereocenters. The molecule has 2 amide bonds. The Hall–Kier alpha value is -3.42. The van der Waals surface area contributed by atoms with Gasteiger partial charge in [0.15, 0.2) is 12.4 Å². The molecule has 1 saturated heterocycles. The maximum absolute atomic E-state index is 12.9. The quantitative estimate of drug-likeness (QED) is 0.622. The highest BCUT2D eigenvalue weighted by atomic mass is 19.1. The molecular weight excluding hydrogens is 399 g/mol. The molecule has 2 heterocycles. The molecule has 0 unspecified atom stereocenters. The van der Waals surface area contributed by atoms with E-state index in [9.17, 15) is 9.18 Å². The molecule has 31 heavy (non-hydrogen) atoms. The summed E-state index contributed by atoms with van der Waals surface area (Å²) in [5.74, 6) is 1.38. The van der Waals surface area contributed by atoms with E-state index in [1.807, 2.05) is 23.1 Å². The van der Waals surface area contributed by atoms with Crippen LogP contribution in [-0.4, -0.2) is 40.7 Å². The van der Waals surface area contributed by atoms with Gasteiger partial charge >= 0.3 is 6.03 Å². The number of halogens is 1. The molecule has 0 bridgehead atoms. The maximum atomic E-state index is 12.9. The predicted molar refractivity (Wildman–Crippen MR) is 112 cm³/mol. The van der Waals surface area contributed by atoms with Crippen molar-refractivity contribution in [3.8, 4) is 5.75 Å². The highest BCUT2D eigenvalue weighted by Gasteiger charge is 2.27. The van der Waals surface area contributed by atoms with E-state index in [2.05, 4.69) is 27.6 Å². The van der Waals surface area contributed by atoms with Gasteiger partial charge in [0, 0.05) is 25.6 Å². The number of likely N-dealkylation sites (tertiary alicyclic amines) is 1. The van der Waals surface area contributed by atoms with E-state index >= 15 is 0 Å². The lowest BCUT2D eigenvalue weighted by atomic mass is 9.96. The second-order valence-corrected chi connectivity index (χ2v) is 7.52. The third-order valence-electron chi connectivity index (χ3n) is 5.34. The van der Waals surface area contributed by atoms with Crippen LogP contribution >= 0.6 is 0 Å². The van der Waals surface area contributed by atoms with Crippen LogP contribution in [0.15, 0.2) is 59.1 Å². The first-order valence-electron chi connectivity index (χ1n) is 10.4. The number of benzene rings is 2. The molecule has 8 heteroatoms. The van der Waals surface area contributed by atoms with Gasteiger partial charge in [-0.1, -0.05) is 35.5 Å². The molecule has 3 aromatic rings. The molecule has 0 saturated carbocycles. The van der Waals surface area contributed by atoms with Crippen LogP contribution in [-0.2, 0) is 13.0 Å². The molecule has 162 valence electrons. The minimum Gasteiger partial charge on any atom is -0.484 e. The number of aromatic nitrogens is 2. The van der Waals surface area contributed by atoms with Gasteiger partial charge in [-0.05, 0) is 49.1 Å². The first-order chi connectivity index (χ1) is 15.2. The fourth-order valence-electron chi connectivity index (χ4n) is 3.58. The Balaban J connectivity index is 1.19. The van der Waals surface area contributed by atoms with E-state index in [0.29, 0.717) is 37.1 Å². The molecule has 1 aromatic heterocycles. The van der Waals surface area contributed by atoms with Gasteiger partial charge in [0.25, 0.3) is 5.89 Å². The van der Waals surface area contributed by atoms with Gasteiger partial charge in [-0.3, -0.25) is 0 Å². The zero-order chi connectivity index (χ0) is 21.5. The van der Waals surface area contributed by atoms with Crippen LogP contribution in [0.1, 0.15) is 36.0 Å². The van der Waals surface area contributed by atoms with E-state index in [4.69, 9.17) is 9.26 Å². The largest absolute Gasteiger partial charge is 0.484 e. The van der Waals surface area contributed by atoms with Crippen molar-refractivity contribution in [2.75, 3.05) is 19.6 Å². The van der Waals surface area contributed by atoms with Crippen molar-refractivity contribution >= 4 is 6.03 Å². The van der Waals surface area contributed by atoms with Crippen molar-refractivity contribution in [2.45, 2.75) is 31.8 Å². The van der Waals surface area contributed by atoms with Crippen LogP contribution < -0.4 is 10.1 Å². The molecule has 1 fully saturated rings. The number of urea groups is 1. The van der Waals surface area contributed by atoms with Crippen molar-refractivity contribution in [3.63, 3.8) is 0 Å². The van der Waals surface area contributed by atoms with E-state index < -0.39 is 0 Å². The second-order valence-electron chi connectivity index (χ2n) is 7.52. The number of carbonyl (C=O) groups is 1. The number of nitrogens with one attached hydrogen (secondary N) is 1. The van der Waals surface area contributed by atoms with Gasteiger partial charge in [0.1, 0.15) is 11.6 Å². The van der Waals surface area contributed by atoms with Crippen LogP contribution in [0, 0.1) is 5.82 Å². The first-order valence-corrected chi connectivity index (χ1v) is 10.4. The zero-order valence-electron chi connectivity index (χ0n) is 17.2. The summed E-state index contributed by atoms with van der Waals surface area (Å²) in [6.07, 6.45) is 2.38. The summed E-state index contributed by atoms with van der Waals surface area (Å²) in [7, 11) is 0. The number of ether oxygens (including phenoxy) is 1. The minimum absolute atomic E-state index is 0.0316. The second kappa shape index (κ2) is 10.1. The lowest BCUT2D eigenvalue weighted by Gasteiger charge is -2.30. The molecule has 1 N–H and O–H groups in total. The Labute approximate surface area is 180 Å². The summed E-state index contributed by atoms with van der Waals surface area (Å²) in [6, 6.07) is 15.8. The molecule has 1 aliphatic rings. The number of piperidine rings is 1. The standard InChI is InChI=1S/C23H25FN4O3/c24-19-6-8-20(9-7-19)30-16-21-26-22(27-31-21)18-11-14-28(15-12-18)23(29)25-13-10-17-4-2-1-3-5-17/h1-9,18H,10-16H2,(H,25,29). The number of carbonyl (C=O) groups excluding carboxylic acids is 1. The molecule has 4 rings (SSSR count). The van der Waals surface area contributed by atoms with Crippen molar-refractivity contribution in [1.82, 2.24) is 20.4 Å². The normalized spacial score (nSPS) is 14.4. The van der Waals surface area contributed by atoms with Crippen molar-refractivity contribution < 1.29 is 18.4 Å². The Kier molecular flexibility index (Phi) is 6.76. The van der Waals surface area contributed by atoms with Crippen LogP contribution in [0.25, 0.3) is 0 Å².